The van der Waals surface area contributed by atoms with Crippen LogP contribution in [0, 0.1) is 6.92 Å². The number of nitrogens with one attached hydrogen (secondary N) is 1. The fourth-order valence-corrected chi connectivity index (χ4v) is 3.88. The molecule has 0 radical (unpaired) electrons. The minimum absolute atomic E-state index is 0.102. The molecule has 0 aliphatic carbocycles. The van der Waals surface area contributed by atoms with Gasteiger partial charge < -0.3 is 10.1 Å². The lowest BCUT2D eigenvalue weighted by Gasteiger charge is -2.31. The second-order valence-electron chi connectivity index (χ2n) is 7.94. The molecule has 31 heavy (non-hydrogen) atoms. The zero-order valence-corrected chi connectivity index (χ0v) is 17.8. The highest BCUT2D eigenvalue weighted by Crippen LogP contribution is 2.22. The summed E-state index contributed by atoms with van der Waals surface area (Å²) in [5.74, 6) is -0.331. The molecule has 1 saturated heterocycles. The number of hydrogen-bond acceptors (Lipinski definition) is 5. The van der Waals surface area contributed by atoms with Crippen LogP contribution in [0.5, 0.6) is 0 Å². The van der Waals surface area contributed by atoms with Crippen LogP contribution in [0.15, 0.2) is 59.7 Å². The van der Waals surface area contributed by atoms with E-state index in [1.165, 1.54) is 5.01 Å². The Bertz CT molecular complexity index is 954. The van der Waals surface area contributed by atoms with Gasteiger partial charge in [-0.3, -0.25) is 14.5 Å². The van der Waals surface area contributed by atoms with Crippen molar-refractivity contribution in [3.63, 3.8) is 0 Å². The molecule has 2 amide bonds. The Labute approximate surface area is 182 Å². The van der Waals surface area contributed by atoms with Crippen LogP contribution >= 0.6 is 0 Å². The van der Waals surface area contributed by atoms with Crippen LogP contribution in [0.25, 0.3) is 0 Å². The number of anilines is 1. The summed E-state index contributed by atoms with van der Waals surface area (Å²) < 4.78 is 5.45. The fourth-order valence-electron chi connectivity index (χ4n) is 3.88. The van der Waals surface area contributed by atoms with Crippen molar-refractivity contribution < 1.29 is 14.3 Å². The number of benzene rings is 2. The zero-order chi connectivity index (χ0) is 21.6. The molecular formula is C24H28N4O3. The van der Waals surface area contributed by atoms with E-state index < -0.39 is 0 Å². The summed E-state index contributed by atoms with van der Waals surface area (Å²) >= 11 is 0. The Morgan fingerprint density at radius 2 is 1.87 bits per heavy atom. The first kappa shape index (κ1) is 21.2. The smallest absolute Gasteiger partial charge is 0.268 e. The SMILES string of the molecule is Cc1cccc(N2N=C(C(=O)NC(CN3CCOCC3)c3ccccc3)CCC2=O)c1. The Hall–Kier alpha value is -3.03. The molecule has 1 fully saturated rings. The number of rotatable bonds is 6. The van der Waals surface area contributed by atoms with Crippen molar-refractivity contribution in [2.45, 2.75) is 25.8 Å². The number of hydrogen-bond donors (Lipinski definition) is 1. The van der Waals surface area contributed by atoms with E-state index in [1.54, 1.807) is 0 Å². The number of carbonyl (C=O) groups is 2. The maximum absolute atomic E-state index is 13.2. The first-order valence-electron chi connectivity index (χ1n) is 10.7. The molecule has 162 valence electrons. The van der Waals surface area contributed by atoms with Gasteiger partial charge in [0.25, 0.3) is 5.91 Å². The summed E-state index contributed by atoms with van der Waals surface area (Å²) in [5.41, 5.74) is 3.14. The van der Waals surface area contributed by atoms with Crippen molar-refractivity contribution in [2.24, 2.45) is 5.10 Å². The number of hydrazone groups is 1. The Balaban J connectivity index is 1.53. The third-order valence-corrected chi connectivity index (χ3v) is 5.59. The van der Waals surface area contributed by atoms with Crippen LogP contribution in [0.3, 0.4) is 0 Å². The van der Waals surface area contributed by atoms with E-state index >= 15 is 0 Å². The third kappa shape index (κ3) is 5.37. The van der Waals surface area contributed by atoms with Crippen LogP contribution in [-0.2, 0) is 14.3 Å². The third-order valence-electron chi connectivity index (χ3n) is 5.59. The van der Waals surface area contributed by atoms with Gasteiger partial charge in [-0.25, -0.2) is 5.01 Å². The molecule has 1 N–H and O–H groups in total. The van der Waals surface area contributed by atoms with Gasteiger partial charge in [0.15, 0.2) is 0 Å². The zero-order valence-electron chi connectivity index (χ0n) is 17.8. The summed E-state index contributed by atoms with van der Waals surface area (Å²) in [5, 5.41) is 8.93. The Morgan fingerprint density at radius 1 is 1.10 bits per heavy atom. The van der Waals surface area contributed by atoms with E-state index in [2.05, 4.69) is 15.3 Å². The minimum atomic E-state index is -0.229. The molecule has 2 aromatic carbocycles. The van der Waals surface area contributed by atoms with Gasteiger partial charge in [-0.05, 0) is 30.2 Å². The molecule has 2 aliphatic rings. The van der Waals surface area contributed by atoms with Crippen LogP contribution in [0.1, 0.15) is 30.0 Å². The largest absolute Gasteiger partial charge is 0.379 e. The number of carbonyl (C=O) groups excluding carboxylic acids is 2. The molecule has 1 atom stereocenters. The standard InChI is InChI=1S/C24H28N4O3/c1-18-6-5-9-20(16-18)28-23(29)11-10-21(26-28)24(30)25-22(19-7-3-2-4-8-19)17-27-12-14-31-15-13-27/h2-9,16,22H,10-15,17H2,1H3,(H,25,30). The van der Waals surface area contributed by atoms with Gasteiger partial charge in [0, 0.05) is 32.5 Å². The van der Waals surface area contributed by atoms with E-state index in [0.717, 1.165) is 24.2 Å². The van der Waals surface area contributed by atoms with Crippen LogP contribution < -0.4 is 10.3 Å². The minimum Gasteiger partial charge on any atom is -0.379 e. The molecule has 7 heteroatoms. The lowest BCUT2D eigenvalue weighted by molar-refractivity contribution is -0.119. The van der Waals surface area contributed by atoms with E-state index in [-0.39, 0.29) is 24.3 Å². The molecule has 0 bridgehead atoms. The number of nitrogens with zero attached hydrogens (tertiary/aromatic N) is 3. The van der Waals surface area contributed by atoms with Gasteiger partial charge in [0.2, 0.25) is 5.91 Å². The van der Waals surface area contributed by atoms with Gasteiger partial charge in [-0.1, -0.05) is 42.5 Å². The van der Waals surface area contributed by atoms with Crippen molar-refractivity contribution in [1.82, 2.24) is 10.2 Å². The van der Waals surface area contributed by atoms with Gasteiger partial charge in [-0.15, -0.1) is 0 Å². The van der Waals surface area contributed by atoms with Gasteiger partial charge in [0.05, 0.1) is 24.9 Å². The second kappa shape index (κ2) is 9.85. The maximum atomic E-state index is 13.2. The maximum Gasteiger partial charge on any atom is 0.268 e. The first-order valence-corrected chi connectivity index (χ1v) is 10.7. The lowest BCUT2D eigenvalue weighted by atomic mass is 10.0. The van der Waals surface area contributed by atoms with Crippen molar-refractivity contribution in [3.05, 3.63) is 65.7 Å². The molecule has 0 aromatic heterocycles. The molecule has 7 nitrogen and oxygen atoms in total. The molecule has 0 saturated carbocycles. The summed E-state index contributed by atoms with van der Waals surface area (Å²) in [6, 6.07) is 17.4. The summed E-state index contributed by atoms with van der Waals surface area (Å²) in [7, 11) is 0. The van der Waals surface area contributed by atoms with E-state index in [9.17, 15) is 9.59 Å². The van der Waals surface area contributed by atoms with Crippen LogP contribution in [-0.4, -0.2) is 55.3 Å². The highest BCUT2D eigenvalue weighted by atomic mass is 16.5. The molecule has 2 aliphatic heterocycles. The lowest BCUT2D eigenvalue weighted by Crippen LogP contribution is -2.45. The van der Waals surface area contributed by atoms with E-state index in [4.69, 9.17) is 4.74 Å². The van der Waals surface area contributed by atoms with Crippen molar-refractivity contribution >= 4 is 23.2 Å². The summed E-state index contributed by atoms with van der Waals surface area (Å²) in [4.78, 5) is 27.9. The normalized spacial score (nSPS) is 18.4. The predicted molar refractivity (Wildman–Crippen MR) is 120 cm³/mol. The van der Waals surface area contributed by atoms with Gasteiger partial charge in [0.1, 0.15) is 5.71 Å². The van der Waals surface area contributed by atoms with Crippen molar-refractivity contribution in [3.8, 4) is 0 Å². The second-order valence-corrected chi connectivity index (χ2v) is 7.94. The number of morpholine rings is 1. The molecular weight excluding hydrogens is 392 g/mol. The summed E-state index contributed by atoms with van der Waals surface area (Å²) in [6.07, 6.45) is 0.603. The van der Waals surface area contributed by atoms with Gasteiger partial charge in [-0.2, -0.15) is 5.10 Å². The van der Waals surface area contributed by atoms with Crippen molar-refractivity contribution in [1.29, 1.82) is 0 Å². The fraction of sp³-hybridized carbons (Fsp3) is 0.375. The Morgan fingerprint density at radius 3 is 2.61 bits per heavy atom. The number of amides is 2. The highest BCUT2D eigenvalue weighted by Gasteiger charge is 2.28. The Kier molecular flexibility index (Phi) is 6.74. The average Bonchev–Trinajstić information content (AvgIpc) is 2.80. The first-order chi connectivity index (χ1) is 15.1. The number of aryl methyl sites for hydroxylation is 1. The molecule has 2 aromatic rings. The molecule has 4 rings (SSSR count). The van der Waals surface area contributed by atoms with Crippen molar-refractivity contribution in [2.75, 3.05) is 37.9 Å². The summed E-state index contributed by atoms with van der Waals surface area (Å²) in [6.45, 7) is 5.76. The average molecular weight is 421 g/mol. The quantitative estimate of drug-likeness (QED) is 0.780. The molecule has 1 unspecified atom stereocenters. The predicted octanol–water partition coefficient (Wildman–Crippen LogP) is 2.67. The topological polar surface area (TPSA) is 74.2 Å². The van der Waals surface area contributed by atoms with Crippen LogP contribution in [0.4, 0.5) is 5.69 Å². The van der Waals surface area contributed by atoms with E-state index in [1.807, 2.05) is 61.5 Å². The van der Waals surface area contributed by atoms with Crippen LogP contribution in [0.2, 0.25) is 0 Å². The molecule has 2 heterocycles. The van der Waals surface area contributed by atoms with Gasteiger partial charge >= 0.3 is 0 Å². The van der Waals surface area contributed by atoms with E-state index in [0.29, 0.717) is 37.6 Å². The highest BCUT2D eigenvalue weighted by molar-refractivity contribution is 6.40. The molecule has 0 spiro atoms. The number of ether oxygens (including phenoxy) is 1. The monoisotopic (exact) mass is 420 g/mol.